The average Bonchev–Trinajstić information content (AvgIpc) is 3.22. The fraction of sp³-hybridized carbons (Fsp3) is 0.364. The van der Waals surface area contributed by atoms with Crippen LogP contribution in [-0.2, 0) is 0 Å². The third-order valence-corrected chi connectivity index (χ3v) is 7.02. The Kier molecular flexibility index (Phi) is 6.80. The van der Waals surface area contributed by atoms with Crippen molar-refractivity contribution in [2.24, 2.45) is 0 Å². The lowest BCUT2D eigenvalue weighted by molar-refractivity contribution is -0.385. The molecule has 1 N–H and O–H groups in total. The van der Waals surface area contributed by atoms with Gasteiger partial charge in [0.25, 0.3) is 5.69 Å². The first-order chi connectivity index (χ1) is 15.8. The highest BCUT2D eigenvalue weighted by molar-refractivity contribution is 7.18. The molecule has 3 aromatic rings. The number of para-hydroxylation sites is 1. The SMILES string of the molecule is O=C(O)N(CCCN1CCC(c2nc3ccccc3s2)CC1)c1c(F)cc([N+](=O)[O-])cc1F. The molecule has 1 amide bonds. The Hall–Kier alpha value is -3.18. The van der Waals surface area contributed by atoms with Crippen molar-refractivity contribution in [2.75, 3.05) is 31.1 Å². The summed E-state index contributed by atoms with van der Waals surface area (Å²) in [5, 5.41) is 21.3. The summed E-state index contributed by atoms with van der Waals surface area (Å²) in [6.07, 6.45) is 0.729. The fourth-order valence-electron chi connectivity index (χ4n) is 4.14. The molecule has 1 aromatic heterocycles. The van der Waals surface area contributed by atoms with E-state index in [0.717, 1.165) is 36.5 Å². The minimum atomic E-state index is -1.52. The maximum Gasteiger partial charge on any atom is 0.411 e. The van der Waals surface area contributed by atoms with E-state index < -0.39 is 34.0 Å². The summed E-state index contributed by atoms with van der Waals surface area (Å²) >= 11 is 1.72. The second kappa shape index (κ2) is 9.75. The molecule has 33 heavy (non-hydrogen) atoms. The molecule has 2 aromatic carbocycles. The smallest absolute Gasteiger partial charge is 0.411 e. The van der Waals surface area contributed by atoms with Gasteiger partial charge < -0.3 is 10.0 Å². The number of carboxylic acid groups (broad SMARTS) is 1. The molecule has 0 spiro atoms. The molecule has 0 unspecified atom stereocenters. The topological polar surface area (TPSA) is 99.8 Å². The van der Waals surface area contributed by atoms with Crippen molar-refractivity contribution in [3.05, 3.63) is 63.2 Å². The normalized spacial score (nSPS) is 15.1. The number of nitrogens with zero attached hydrogens (tertiary/aromatic N) is 4. The van der Waals surface area contributed by atoms with Crippen molar-refractivity contribution in [1.29, 1.82) is 0 Å². The van der Waals surface area contributed by atoms with Crippen LogP contribution in [0.1, 0.15) is 30.2 Å². The predicted octanol–water partition coefficient (Wildman–Crippen LogP) is 5.24. The number of nitro groups is 1. The second-order valence-corrected chi connectivity index (χ2v) is 9.00. The molecule has 0 saturated carbocycles. The van der Waals surface area contributed by atoms with Gasteiger partial charge in [0.2, 0.25) is 0 Å². The number of amides is 1. The van der Waals surface area contributed by atoms with Gasteiger partial charge in [0.15, 0.2) is 11.6 Å². The maximum absolute atomic E-state index is 14.3. The molecular weight excluding hydrogens is 454 g/mol. The van der Waals surface area contributed by atoms with Gasteiger partial charge in [0.05, 0.1) is 32.3 Å². The molecule has 1 aliphatic rings. The minimum Gasteiger partial charge on any atom is -0.465 e. The van der Waals surface area contributed by atoms with E-state index in [-0.39, 0.29) is 6.54 Å². The van der Waals surface area contributed by atoms with Crippen LogP contribution in [-0.4, -0.2) is 52.2 Å². The van der Waals surface area contributed by atoms with Crippen LogP contribution in [0.2, 0.25) is 0 Å². The standard InChI is InChI=1S/C22H22F2N4O4S/c23-16-12-15(28(31)32)13-17(24)20(16)27(22(29)30)9-3-8-26-10-6-14(7-11-26)21-25-18-4-1-2-5-19(18)33-21/h1-2,4-5,12-14H,3,6-11H2,(H,29,30). The zero-order valence-electron chi connectivity index (χ0n) is 17.6. The first-order valence-corrected chi connectivity index (χ1v) is 11.4. The lowest BCUT2D eigenvalue weighted by atomic mass is 9.97. The summed E-state index contributed by atoms with van der Waals surface area (Å²) in [5.74, 6) is -2.17. The second-order valence-electron chi connectivity index (χ2n) is 7.94. The highest BCUT2D eigenvalue weighted by Crippen LogP contribution is 2.34. The summed E-state index contributed by atoms with van der Waals surface area (Å²) < 4.78 is 29.7. The van der Waals surface area contributed by atoms with Crippen LogP contribution in [0, 0.1) is 21.7 Å². The largest absolute Gasteiger partial charge is 0.465 e. The molecule has 174 valence electrons. The van der Waals surface area contributed by atoms with Gasteiger partial charge in [-0.3, -0.25) is 15.0 Å². The van der Waals surface area contributed by atoms with E-state index in [1.807, 2.05) is 18.2 Å². The summed E-state index contributed by atoms with van der Waals surface area (Å²) in [6.45, 7) is 2.10. The third kappa shape index (κ3) is 5.09. The number of fused-ring (bicyclic) bond motifs is 1. The highest BCUT2D eigenvalue weighted by Gasteiger charge is 2.27. The van der Waals surface area contributed by atoms with E-state index in [4.69, 9.17) is 4.98 Å². The van der Waals surface area contributed by atoms with Crippen molar-refractivity contribution in [1.82, 2.24) is 9.88 Å². The van der Waals surface area contributed by atoms with Crippen molar-refractivity contribution >= 4 is 39.0 Å². The van der Waals surface area contributed by atoms with Gasteiger partial charge in [-0.2, -0.15) is 0 Å². The Morgan fingerprint density at radius 2 is 1.91 bits per heavy atom. The monoisotopic (exact) mass is 476 g/mol. The van der Waals surface area contributed by atoms with E-state index in [1.165, 1.54) is 4.70 Å². The number of rotatable bonds is 7. The molecule has 2 heterocycles. The number of nitro benzene ring substituents is 1. The Morgan fingerprint density at radius 1 is 1.24 bits per heavy atom. The van der Waals surface area contributed by atoms with Gasteiger partial charge in [-0.15, -0.1) is 11.3 Å². The highest BCUT2D eigenvalue weighted by atomic mass is 32.1. The van der Waals surface area contributed by atoms with Gasteiger partial charge in [0.1, 0.15) is 5.69 Å². The van der Waals surface area contributed by atoms with Gasteiger partial charge >= 0.3 is 6.09 Å². The average molecular weight is 477 g/mol. The number of carbonyl (C=O) groups is 1. The number of anilines is 1. The fourth-order valence-corrected chi connectivity index (χ4v) is 5.28. The molecule has 1 aliphatic heterocycles. The molecule has 1 fully saturated rings. The predicted molar refractivity (Wildman–Crippen MR) is 121 cm³/mol. The molecule has 1 saturated heterocycles. The number of halogens is 2. The first-order valence-electron chi connectivity index (χ1n) is 10.5. The number of benzene rings is 2. The van der Waals surface area contributed by atoms with Crippen LogP contribution in [0.25, 0.3) is 10.2 Å². The number of thiazole rings is 1. The number of non-ortho nitro benzene ring substituents is 1. The quantitative estimate of drug-likeness (QED) is 0.370. The van der Waals surface area contributed by atoms with E-state index in [1.54, 1.807) is 11.3 Å². The number of likely N-dealkylation sites (tertiary alicyclic amines) is 1. The van der Waals surface area contributed by atoms with Crippen LogP contribution in [0.4, 0.5) is 25.0 Å². The molecule has 0 aliphatic carbocycles. The molecule has 8 nitrogen and oxygen atoms in total. The van der Waals surface area contributed by atoms with Crippen molar-refractivity contribution in [3.63, 3.8) is 0 Å². The summed E-state index contributed by atoms with van der Waals surface area (Å²) in [7, 11) is 0. The summed E-state index contributed by atoms with van der Waals surface area (Å²) in [5.41, 5.74) is -0.544. The molecule has 0 bridgehead atoms. The van der Waals surface area contributed by atoms with Gasteiger partial charge in [0, 0.05) is 12.5 Å². The van der Waals surface area contributed by atoms with E-state index in [2.05, 4.69) is 11.0 Å². The van der Waals surface area contributed by atoms with Crippen LogP contribution in [0.5, 0.6) is 0 Å². The molecule has 11 heteroatoms. The van der Waals surface area contributed by atoms with Crippen LogP contribution >= 0.6 is 11.3 Å². The lowest BCUT2D eigenvalue weighted by Crippen LogP contribution is -2.37. The van der Waals surface area contributed by atoms with Crippen molar-refractivity contribution in [2.45, 2.75) is 25.2 Å². The number of aromatic nitrogens is 1. The number of hydrogen-bond acceptors (Lipinski definition) is 6. The van der Waals surface area contributed by atoms with Crippen LogP contribution < -0.4 is 4.90 Å². The third-order valence-electron chi connectivity index (χ3n) is 5.82. The van der Waals surface area contributed by atoms with Gasteiger partial charge in [-0.1, -0.05) is 12.1 Å². The van der Waals surface area contributed by atoms with Gasteiger partial charge in [-0.05, 0) is 51.0 Å². The van der Waals surface area contributed by atoms with Crippen molar-refractivity contribution in [3.8, 4) is 0 Å². The molecule has 0 radical (unpaired) electrons. The summed E-state index contributed by atoms with van der Waals surface area (Å²) in [4.78, 5) is 29.0. The molecular formula is C22H22F2N4O4S. The minimum absolute atomic E-state index is 0.126. The number of hydrogen-bond donors (Lipinski definition) is 1. The number of piperidine rings is 1. The maximum atomic E-state index is 14.3. The Bertz CT molecular complexity index is 1120. The Balaban J connectivity index is 1.33. The zero-order valence-corrected chi connectivity index (χ0v) is 18.4. The van der Waals surface area contributed by atoms with E-state index in [9.17, 15) is 28.8 Å². The van der Waals surface area contributed by atoms with E-state index in [0.29, 0.717) is 35.9 Å². The Labute approximate surface area is 192 Å². The van der Waals surface area contributed by atoms with Crippen LogP contribution in [0.3, 0.4) is 0 Å². The zero-order chi connectivity index (χ0) is 23.5. The Morgan fingerprint density at radius 3 is 2.52 bits per heavy atom. The first kappa shape index (κ1) is 23.0. The van der Waals surface area contributed by atoms with Crippen molar-refractivity contribution < 1.29 is 23.6 Å². The van der Waals surface area contributed by atoms with Gasteiger partial charge in [-0.25, -0.2) is 18.6 Å². The lowest BCUT2D eigenvalue weighted by Gasteiger charge is -2.31. The summed E-state index contributed by atoms with van der Waals surface area (Å²) in [6, 6.07) is 9.11. The van der Waals surface area contributed by atoms with Crippen LogP contribution in [0.15, 0.2) is 36.4 Å². The molecule has 0 atom stereocenters. The van der Waals surface area contributed by atoms with E-state index >= 15 is 0 Å². The molecule has 4 rings (SSSR count).